The van der Waals surface area contributed by atoms with E-state index < -0.39 is 11.8 Å². The molecule has 122 valence electrons. The smallest absolute Gasteiger partial charge is 0.307 e. The highest BCUT2D eigenvalue weighted by Gasteiger charge is 2.16. The molecule has 1 aromatic carbocycles. The van der Waals surface area contributed by atoms with Gasteiger partial charge in [-0.15, -0.1) is 0 Å². The molecule has 3 rings (SSSR count). The Morgan fingerprint density at radius 1 is 1.29 bits per heavy atom. The van der Waals surface area contributed by atoms with E-state index in [4.69, 9.17) is 0 Å². The van der Waals surface area contributed by atoms with Crippen LogP contribution in [-0.2, 0) is 17.8 Å². The van der Waals surface area contributed by atoms with Gasteiger partial charge in [0.15, 0.2) is 0 Å². The minimum absolute atomic E-state index is 0.185. The second kappa shape index (κ2) is 6.62. The first-order chi connectivity index (χ1) is 11.5. The summed E-state index contributed by atoms with van der Waals surface area (Å²) < 4.78 is 13.7. The second-order valence-corrected chi connectivity index (χ2v) is 5.46. The standard InChI is InChI=1S/C18H16FN3O2/c1-11-14(9-17(23)24)18(21-10-13-4-2-3-7-20-13)15-8-12(19)5-6-16(15)22-11/h2-8H,9-10H2,1H3,(H,21,22)(H,23,24). The zero-order chi connectivity index (χ0) is 17.1. The Hall–Kier alpha value is -3.02. The van der Waals surface area contributed by atoms with Crippen molar-refractivity contribution in [2.75, 3.05) is 5.32 Å². The normalized spacial score (nSPS) is 10.8. The summed E-state index contributed by atoms with van der Waals surface area (Å²) in [5.74, 6) is -1.35. The van der Waals surface area contributed by atoms with Gasteiger partial charge >= 0.3 is 5.97 Å². The molecular formula is C18H16FN3O2. The number of aliphatic carboxylic acids is 1. The van der Waals surface area contributed by atoms with Gasteiger partial charge in [-0.3, -0.25) is 14.8 Å². The molecule has 2 aromatic heterocycles. The van der Waals surface area contributed by atoms with E-state index in [9.17, 15) is 14.3 Å². The van der Waals surface area contributed by atoms with Gasteiger partial charge in [-0.05, 0) is 37.3 Å². The molecule has 2 heterocycles. The van der Waals surface area contributed by atoms with Crippen LogP contribution in [0.15, 0.2) is 42.6 Å². The van der Waals surface area contributed by atoms with Crippen molar-refractivity contribution in [2.24, 2.45) is 0 Å². The number of aromatic nitrogens is 2. The van der Waals surface area contributed by atoms with Gasteiger partial charge in [0, 0.05) is 28.5 Å². The van der Waals surface area contributed by atoms with Crippen molar-refractivity contribution in [1.82, 2.24) is 9.97 Å². The van der Waals surface area contributed by atoms with Crippen LogP contribution in [0.3, 0.4) is 0 Å². The third kappa shape index (κ3) is 3.32. The third-order valence-electron chi connectivity index (χ3n) is 3.76. The van der Waals surface area contributed by atoms with Gasteiger partial charge in [-0.1, -0.05) is 6.07 Å². The summed E-state index contributed by atoms with van der Waals surface area (Å²) in [4.78, 5) is 19.8. The zero-order valence-corrected chi connectivity index (χ0v) is 13.1. The van der Waals surface area contributed by atoms with Crippen LogP contribution in [0.25, 0.3) is 10.9 Å². The van der Waals surface area contributed by atoms with Crippen molar-refractivity contribution in [1.29, 1.82) is 0 Å². The summed E-state index contributed by atoms with van der Waals surface area (Å²) in [6, 6.07) is 9.86. The molecule has 6 heteroatoms. The van der Waals surface area contributed by atoms with Crippen LogP contribution in [0.5, 0.6) is 0 Å². The highest BCUT2D eigenvalue weighted by Crippen LogP contribution is 2.30. The number of fused-ring (bicyclic) bond motifs is 1. The van der Waals surface area contributed by atoms with E-state index in [1.54, 1.807) is 19.2 Å². The minimum Gasteiger partial charge on any atom is -0.481 e. The molecule has 0 fully saturated rings. The predicted octanol–water partition coefficient (Wildman–Crippen LogP) is 3.32. The van der Waals surface area contributed by atoms with Crippen molar-refractivity contribution in [3.8, 4) is 0 Å². The van der Waals surface area contributed by atoms with Gasteiger partial charge < -0.3 is 10.4 Å². The van der Waals surface area contributed by atoms with Crippen LogP contribution in [-0.4, -0.2) is 21.0 Å². The van der Waals surface area contributed by atoms with Crippen molar-refractivity contribution < 1.29 is 14.3 Å². The number of nitrogens with one attached hydrogen (secondary N) is 1. The van der Waals surface area contributed by atoms with Crippen LogP contribution in [0.4, 0.5) is 10.1 Å². The number of hydrogen-bond donors (Lipinski definition) is 2. The van der Waals surface area contributed by atoms with Gasteiger partial charge in [0.05, 0.1) is 24.2 Å². The summed E-state index contributed by atoms with van der Waals surface area (Å²) >= 11 is 0. The van der Waals surface area contributed by atoms with Crippen molar-refractivity contribution in [3.63, 3.8) is 0 Å². The SMILES string of the molecule is Cc1nc2ccc(F)cc2c(NCc2ccccn2)c1CC(=O)O. The number of carboxylic acid groups (broad SMARTS) is 1. The average molecular weight is 325 g/mol. The Bertz CT molecular complexity index is 898. The molecule has 5 nitrogen and oxygen atoms in total. The molecular weight excluding hydrogens is 309 g/mol. The van der Waals surface area contributed by atoms with Gasteiger partial charge in [0.25, 0.3) is 0 Å². The number of nitrogens with zero attached hydrogens (tertiary/aromatic N) is 2. The number of carboxylic acids is 1. The lowest BCUT2D eigenvalue weighted by molar-refractivity contribution is -0.136. The molecule has 2 N–H and O–H groups in total. The molecule has 0 saturated heterocycles. The van der Waals surface area contributed by atoms with Crippen LogP contribution < -0.4 is 5.32 Å². The molecule has 3 aromatic rings. The number of pyridine rings is 2. The molecule has 0 unspecified atom stereocenters. The van der Waals surface area contributed by atoms with Gasteiger partial charge in [-0.2, -0.15) is 0 Å². The maximum Gasteiger partial charge on any atom is 0.307 e. The van der Waals surface area contributed by atoms with Crippen LogP contribution in [0.2, 0.25) is 0 Å². The Labute approximate surface area is 138 Å². The van der Waals surface area contributed by atoms with E-state index in [0.29, 0.717) is 34.4 Å². The lowest BCUT2D eigenvalue weighted by Gasteiger charge is -2.16. The van der Waals surface area contributed by atoms with E-state index in [-0.39, 0.29) is 6.42 Å². The fraction of sp³-hybridized carbons (Fsp3) is 0.167. The molecule has 0 saturated carbocycles. The van der Waals surface area contributed by atoms with Crippen LogP contribution in [0, 0.1) is 12.7 Å². The number of anilines is 1. The van der Waals surface area contributed by atoms with Gasteiger partial charge in [0.1, 0.15) is 5.82 Å². The second-order valence-electron chi connectivity index (χ2n) is 5.46. The highest BCUT2D eigenvalue weighted by molar-refractivity contribution is 5.94. The highest BCUT2D eigenvalue weighted by atomic mass is 19.1. The lowest BCUT2D eigenvalue weighted by atomic mass is 10.0. The number of halogens is 1. The zero-order valence-electron chi connectivity index (χ0n) is 13.1. The summed E-state index contributed by atoms with van der Waals surface area (Å²) in [5.41, 5.74) is 3.17. The lowest BCUT2D eigenvalue weighted by Crippen LogP contribution is -2.11. The Balaban J connectivity index is 2.09. The Kier molecular flexibility index (Phi) is 4.37. The average Bonchev–Trinajstić information content (AvgIpc) is 2.56. The maximum atomic E-state index is 13.7. The first-order valence-electron chi connectivity index (χ1n) is 7.49. The monoisotopic (exact) mass is 325 g/mol. The molecule has 24 heavy (non-hydrogen) atoms. The molecule has 0 aliphatic heterocycles. The van der Waals surface area contributed by atoms with E-state index in [0.717, 1.165) is 5.69 Å². The summed E-state index contributed by atoms with van der Waals surface area (Å²) in [7, 11) is 0. The summed E-state index contributed by atoms with van der Waals surface area (Å²) in [6.07, 6.45) is 1.50. The summed E-state index contributed by atoms with van der Waals surface area (Å²) in [6.45, 7) is 2.16. The molecule has 0 bridgehead atoms. The quantitative estimate of drug-likeness (QED) is 0.753. The Morgan fingerprint density at radius 3 is 2.83 bits per heavy atom. The molecule has 0 spiro atoms. The number of carbonyl (C=O) groups is 1. The predicted molar refractivity (Wildman–Crippen MR) is 89.3 cm³/mol. The number of hydrogen-bond acceptors (Lipinski definition) is 4. The van der Waals surface area contributed by atoms with Gasteiger partial charge in [0.2, 0.25) is 0 Å². The topological polar surface area (TPSA) is 75.1 Å². The number of aryl methyl sites for hydroxylation is 1. The molecule has 0 radical (unpaired) electrons. The van der Waals surface area contributed by atoms with E-state index in [2.05, 4.69) is 15.3 Å². The molecule has 0 aliphatic rings. The number of benzene rings is 1. The Morgan fingerprint density at radius 2 is 2.12 bits per heavy atom. The van der Waals surface area contributed by atoms with Crippen molar-refractivity contribution in [3.05, 3.63) is 65.4 Å². The fourth-order valence-corrected chi connectivity index (χ4v) is 2.65. The maximum absolute atomic E-state index is 13.7. The van der Waals surface area contributed by atoms with Crippen molar-refractivity contribution in [2.45, 2.75) is 19.9 Å². The summed E-state index contributed by atoms with van der Waals surface area (Å²) in [5, 5.41) is 13.0. The third-order valence-corrected chi connectivity index (χ3v) is 3.76. The van der Waals surface area contributed by atoms with Gasteiger partial charge in [-0.25, -0.2) is 4.39 Å². The first-order valence-corrected chi connectivity index (χ1v) is 7.49. The molecule has 0 atom stereocenters. The minimum atomic E-state index is -0.962. The largest absolute Gasteiger partial charge is 0.481 e. The van der Waals surface area contributed by atoms with Crippen LogP contribution in [0.1, 0.15) is 17.0 Å². The molecule has 0 amide bonds. The molecule has 0 aliphatic carbocycles. The van der Waals surface area contributed by atoms with E-state index in [1.807, 2.05) is 18.2 Å². The van der Waals surface area contributed by atoms with E-state index in [1.165, 1.54) is 12.1 Å². The van der Waals surface area contributed by atoms with Crippen molar-refractivity contribution >= 4 is 22.6 Å². The van der Waals surface area contributed by atoms with E-state index >= 15 is 0 Å². The van der Waals surface area contributed by atoms with Crippen LogP contribution >= 0.6 is 0 Å². The fourth-order valence-electron chi connectivity index (χ4n) is 2.65. The first kappa shape index (κ1) is 15.9. The number of rotatable bonds is 5.